The van der Waals surface area contributed by atoms with Gasteiger partial charge in [0.2, 0.25) is 0 Å². The predicted octanol–water partition coefficient (Wildman–Crippen LogP) is 2.39. The first-order valence-electron chi connectivity index (χ1n) is 5.95. The number of rotatable bonds is 5. The van der Waals surface area contributed by atoms with Gasteiger partial charge in [0, 0.05) is 16.6 Å². The van der Waals surface area contributed by atoms with Crippen LogP contribution in [0.4, 0.5) is 11.6 Å². The van der Waals surface area contributed by atoms with E-state index < -0.39 is 0 Å². The molecule has 0 unspecified atom stereocenters. The summed E-state index contributed by atoms with van der Waals surface area (Å²) in [5.74, 6) is 1.38. The third-order valence-electron chi connectivity index (χ3n) is 2.55. The molecule has 0 spiro atoms. The molecular formula is C12H17N5S. The van der Waals surface area contributed by atoms with Crippen LogP contribution in [0.25, 0.3) is 0 Å². The van der Waals surface area contributed by atoms with Crippen molar-refractivity contribution in [3.05, 3.63) is 28.0 Å². The number of anilines is 2. The molecule has 0 amide bonds. The SMILES string of the molecule is CCCc1c(N)ncnc1NCc1nc(C)cs1. The van der Waals surface area contributed by atoms with E-state index >= 15 is 0 Å². The lowest BCUT2D eigenvalue weighted by Crippen LogP contribution is -2.08. The van der Waals surface area contributed by atoms with Crippen LogP contribution in [0.2, 0.25) is 0 Å². The van der Waals surface area contributed by atoms with Crippen molar-refractivity contribution in [2.75, 3.05) is 11.1 Å². The Hall–Kier alpha value is -1.69. The van der Waals surface area contributed by atoms with Crippen molar-refractivity contribution in [3.8, 4) is 0 Å². The number of aromatic nitrogens is 3. The first-order valence-corrected chi connectivity index (χ1v) is 6.83. The maximum atomic E-state index is 5.88. The van der Waals surface area contributed by atoms with Gasteiger partial charge in [-0.25, -0.2) is 15.0 Å². The van der Waals surface area contributed by atoms with Gasteiger partial charge in [0.1, 0.15) is 23.0 Å². The summed E-state index contributed by atoms with van der Waals surface area (Å²) in [6, 6.07) is 0. The second kappa shape index (κ2) is 5.77. The summed E-state index contributed by atoms with van der Waals surface area (Å²) in [4.78, 5) is 12.7. The molecule has 0 aliphatic rings. The normalized spacial score (nSPS) is 10.6. The minimum absolute atomic E-state index is 0.560. The summed E-state index contributed by atoms with van der Waals surface area (Å²) in [6.07, 6.45) is 3.39. The molecule has 0 aliphatic heterocycles. The summed E-state index contributed by atoms with van der Waals surface area (Å²) < 4.78 is 0. The number of aryl methyl sites for hydroxylation is 1. The van der Waals surface area contributed by atoms with Gasteiger partial charge in [-0.3, -0.25) is 0 Å². The molecule has 0 fully saturated rings. The molecule has 0 saturated heterocycles. The number of nitrogens with zero attached hydrogens (tertiary/aromatic N) is 3. The Balaban J connectivity index is 2.11. The molecule has 2 aromatic rings. The third kappa shape index (κ3) is 2.95. The Labute approximate surface area is 111 Å². The van der Waals surface area contributed by atoms with Crippen molar-refractivity contribution < 1.29 is 0 Å². The molecule has 5 nitrogen and oxygen atoms in total. The Kier molecular flexibility index (Phi) is 4.09. The number of hydrogen-bond donors (Lipinski definition) is 2. The lowest BCUT2D eigenvalue weighted by Gasteiger charge is -2.10. The van der Waals surface area contributed by atoms with E-state index in [1.165, 1.54) is 6.33 Å². The lowest BCUT2D eigenvalue weighted by molar-refractivity contribution is 0.900. The van der Waals surface area contributed by atoms with Gasteiger partial charge in [0.05, 0.1) is 6.54 Å². The van der Waals surface area contributed by atoms with Crippen LogP contribution in [0, 0.1) is 6.92 Å². The molecule has 18 heavy (non-hydrogen) atoms. The number of thiazole rings is 1. The molecule has 0 radical (unpaired) electrons. The molecule has 2 aromatic heterocycles. The van der Waals surface area contributed by atoms with Gasteiger partial charge in [-0.15, -0.1) is 11.3 Å². The Morgan fingerprint density at radius 3 is 2.89 bits per heavy atom. The highest BCUT2D eigenvalue weighted by Crippen LogP contribution is 2.20. The summed E-state index contributed by atoms with van der Waals surface area (Å²) in [7, 11) is 0. The second-order valence-electron chi connectivity index (χ2n) is 4.07. The molecule has 96 valence electrons. The first-order chi connectivity index (χ1) is 8.70. The maximum absolute atomic E-state index is 5.88. The van der Waals surface area contributed by atoms with E-state index in [-0.39, 0.29) is 0 Å². The molecule has 3 N–H and O–H groups in total. The molecule has 2 rings (SSSR count). The highest BCUT2D eigenvalue weighted by atomic mass is 32.1. The lowest BCUT2D eigenvalue weighted by atomic mass is 10.1. The average Bonchev–Trinajstić information content (AvgIpc) is 2.76. The molecule has 0 aromatic carbocycles. The van der Waals surface area contributed by atoms with Crippen LogP contribution >= 0.6 is 11.3 Å². The van der Waals surface area contributed by atoms with Crippen molar-refractivity contribution in [1.82, 2.24) is 15.0 Å². The molecule has 0 saturated carbocycles. The van der Waals surface area contributed by atoms with Crippen LogP contribution in [0.3, 0.4) is 0 Å². The molecular weight excluding hydrogens is 246 g/mol. The first kappa shape index (κ1) is 12.8. The summed E-state index contributed by atoms with van der Waals surface area (Å²) in [5.41, 5.74) is 7.92. The van der Waals surface area contributed by atoms with E-state index in [4.69, 9.17) is 5.73 Å². The van der Waals surface area contributed by atoms with Crippen LogP contribution in [0.5, 0.6) is 0 Å². The van der Waals surface area contributed by atoms with Crippen LogP contribution in [-0.2, 0) is 13.0 Å². The topological polar surface area (TPSA) is 76.7 Å². The van der Waals surface area contributed by atoms with Crippen molar-refractivity contribution in [3.63, 3.8) is 0 Å². The number of nitrogens with two attached hydrogens (primary N) is 1. The average molecular weight is 263 g/mol. The Morgan fingerprint density at radius 2 is 2.22 bits per heavy atom. The summed E-state index contributed by atoms with van der Waals surface area (Å²) in [5, 5.41) is 6.37. The zero-order valence-corrected chi connectivity index (χ0v) is 11.4. The van der Waals surface area contributed by atoms with E-state index in [1.807, 2.05) is 12.3 Å². The van der Waals surface area contributed by atoms with Crippen molar-refractivity contribution in [2.24, 2.45) is 0 Å². The van der Waals surface area contributed by atoms with E-state index in [2.05, 4.69) is 27.2 Å². The predicted molar refractivity (Wildman–Crippen MR) is 74.6 cm³/mol. The van der Waals surface area contributed by atoms with Gasteiger partial charge < -0.3 is 11.1 Å². The van der Waals surface area contributed by atoms with Gasteiger partial charge in [-0.2, -0.15) is 0 Å². The van der Waals surface area contributed by atoms with Gasteiger partial charge in [-0.05, 0) is 13.3 Å². The van der Waals surface area contributed by atoms with E-state index in [0.717, 1.165) is 34.9 Å². The number of hydrogen-bond acceptors (Lipinski definition) is 6. The molecule has 0 aliphatic carbocycles. The van der Waals surface area contributed by atoms with Gasteiger partial charge in [0.15, 0.2) is 0 Å². The summed E-state index contributed by atoms with van der Waals surface area (Å²) >= 11 is 1.64. The Bertz CT molecular complexity index is 523. The van der Waals surface area contributed by atoms with Gasteiger partial charge in [0.25, 0.3) is 0 Å². The fourth-order valence-corrected chi connectivity index (χ4v) is 2.43. The highest BCUT2D eigenvalue weighted by molar-refractivity contribution is 7.09. The number of nitrogen functional groups attached to an aromatic ring is 1. The number of nitrogens with one attached hydrogen (secondary N) is 1. The maximum Gasteiger partial charge on any atom is 0.135 e. The Morgan fingerprint density at radius 1 is 1.39 bits per heavy atom. The van der Waals surface area contributed by atoms with Gasteiger partial charge in [-0.1, -0.05) is 13.3 Å². The fourth-order valence-electron chi connectivity index (χ4n) is 1.72. The molecule has 6 heteroatoms. The van der Waals surface area contributed by atoms with E-state index in [0.29, 0.717) is 12.4 Å². The standard InChI is InChI=1S/C12H17N5S/c1-3-4-9-11(13)15-7-16-12(9)14-5-10-17-8(2)6-18-10/h6-7H,3-5H2,1-2H3,(H3,13,14,15,16). The van der Waals surface area contributed by atoms with Crippen LogP contribution < -0.4 is 11.1 Å². The van der Waals surface area contributed by atoms with Crippen LogP contribution in [0.1, 0.15) is 29.6 Å². The molecule has 2 heterocycles. The van der Waals surface area contributed by atoms with Crippen molar-refractivity contribution in [2.45, 2.75) is 33.2 Å². The molecule has 0 bridgehead atoms. The van der Waals surface area contributed by atoms with E-state index in [9.17, 15) is 0 Å². The summed E-state index contributed by atoms with van der Waals surface area (Å²) in [6.45, 7) is 4.78. The minimum Gasteiger partial charge on any atom is -0.383 e. The van der Waals surface area contributed by atoms with Crippen molar-refractivity contribution >= 4 is 23.0 Å². The van der Waals surface area contributed by atoms with Gasteiger partial charge >= 0.3 is 0 Å². The second-order valence-corrected chi connectivity index (χ2v) is 5.01. The minimum atomic E-state index is 0.560. The zero-order valence-electron chi connectivity index (χ0n) is 10.6. The molecule has 0 atom stereocenters. The monoisotopic (exact) mass is 263 g/mol. The third-order valence-corrected chi connectivity index (χ3v) is 3.52. The quantitative estimate of drug-likeness (QED) is 0.866. The smallest absolute Gasteiger partial charge is 0.135 e. The largest absolute Gasteiger partial charge is 0.383 e. The highest BCUT2D eigenvalue weighted by Gasteiger charge is 2.08. The van der Waals surface area contributed by atoms with Crippen LogP contribution in [-0.4, -0.2) is 15.0 Å². The van der Waals surface area contributed by atoms with Crippen molar-refractivity contribution in [1.29, 1.82) is 0 Å². The van der Waals surface area contributed by atoms with E-state index in [1.54, 1.807) is 11.3 Å². The fraction of sp³-hybridized carbons (Fsp3) is 0.417. The van der Waals surface area contributed by atoms with Crippen LogP contribution in [0.15, 0.2) is 11.7 Å². The zero-order chi connectivity index (χ0) is 13.0.